The van der Waals surface area contributed by atoms with E-state index in [0.29, 0.717) is 12.3 Å². The summed E-state index contributed by atoms with van der Waals surface area (Å²) in [5, 5.41) is 2.77. The first-order valence-electron chi connectivity index (χ1n) is 6.67. The Morgan fingerprint density at radius 2 is 2.10 bits per heavy atom. The molecule has 20 heavy (non-hydrogen) atoms. The smallest absolute Gasteiger partial charge is 0.407 e. The molecule has 1 atom stereocenters. The van der Waals surface area contributed by atoms with Gasteiger partial charge in [-0.2, -0.15) is 0 Å². The number of rotatable bonds is 3. The van der Waals surface area contributed by atoms with Crippen molar-refractivity contribution in [2.45, 2.75) is 45.8 Å². The van der Waals surface area contributed by atoms with Crippen molar-refractivity contribution >= 4 is 17.2 Å². The van der Waals surface area contributed by atoms with E-state index in [9.17, 15) is 4.79 Å². The average Bonchev–Trinajstić information content (AvgIpc) is 2.67. The largest absolute Gasteiger partial charge is 0.444 e. The molecule has 1 aromatic carbocycles. The van der Waals surface area contributed by atoms with Crippen LogP contribution in [0.25, 0.3) is 11.1 Å². The molecule has 1 amide bonds. The molecule has 2 aromatic rings. The molecule has 2 rings (SSSR count). The standard InChI is InChI=1S/C15H20N2O3/c1-10(16-14(18)20-15(2,3)4)9-13-17-11-7-5-6-8-12(11)19-13/h5-8,10H,9H2,1-4H3,(H,16,18). The highest BCUT2D eigenvalue weighted by atomic mass is 16.6. The molecule has 1 unspecified atom stereocenters. The molecule has 1 heterocycles. The van der Waals surface area contributed by atoms with Crippen LogP contribution < -0.4 is 5.32 Å². The number of carbonyl (C=O) groups excluding carboxylic acids is 1. The molecule has 108 valence electrons. The number of amides is 1. The summed E-state index contributed by atoms with van der Waals surface area (Å²) in [5.74, 6) is 0.606. The van der Waals surface area contributed by atoms with Gasteiger partial charge >= 0.3 is 6.09 Å². The summed E-state index contributed by atoms with van der Waals surface area (Å²) in [6.45, 7) is 7.38. The molecule has 0 bridgehead atoms. The van der Waals surface area contributed by atoms with E-state index in [-0.39, 0.29) is 6.04 Å². The van der Waals surface area contributed by atoms with Gasteiger partial charge in [0.1, 0.15) is 11.1 Å². The molecular formula is C15H20N2O3. The lowest BCUT2D eigenvalue weighted by Crippen LogP contribution is -2.38. The van der Waals surface area contributed by atoms with E-state index in [1.54, 1.807) is 0 Å². The minimum Gasteiger partial charge on any atom is -0.444 e. The molecule has 0 aliphatic carbocycles. The van der Waals surface area contributed by atoms with Gasteiger partial charge in [-0.05, 0) is 39.8 Å². The molecule has 0 fully saturated rings. The first kappa shape index (κ1) is 14.4. The summed E-state index contributed by atoms with van der Waals surface area (Å²) in [6.07, 6.45) is 0.0922. The zero-order valence-corrected chi connectivity index (χ0v) is 12.3. The zero-order valence-electron chi connectivity index (χ0n) is 12.3. The normalized spacial score (nSPS) is 13.2. The Bertz CT molecular complexity index is 565. The zero-order chi connectivity index (χ0) is 14.8. The van der Waals surface area contributed by atoms with Crippen LogP contribution in [0.2, 0.25) is 0 Å². The monoisotopic (exact) mass is 276 g/mol. The van der Waals surface area contributed by atoms with Gasteiger partial charge in [-0.3, -0.25) is 0 Å². The lowest BCUT2D eigenvalue weighted by Gasteiger charge is -2.21. The van der Waals surface area contributed by atoms with Gasteiger partial charge in [0.25, 0.3) is 0 Å². The fourth-order valence-electron chi connectivity index (χ4n) is 1.83. The van der Waals surface area contributed by atoms with E-state index in [1.165, 1.54) is 0 Å². The van der Waals surface area contributed by atoms with E-state index in [4.69, 9.17) is 9.15 Å². The molecule has 0 saturated heterocycles. The van der Waals surface area contributed by atoms with E-state index >= 15 is 0 Å². The lowest BCUT2D eigenvalue weighted by atomic mass is 10.2. The summed E-state index contributed by atoms with van der Waals surface area (Å²) in [5.41, 5.74) is 1.08. The van der Waals surface area contributed by atoms with Crippen molar-refractivity contribution < 1.29 is 13.9 Å². The van der Waals surface area contributed by atoms with E-state index in [2.05, 4.69) is 10.3 Å². The highest BCUT2D eigenvalue weighted by molar-refractivity contribution is 5.72. The van der Waals surface area contributed by atoms with Gasteiger partial charge in [0, 0.05) is 12.5 Å². The first-order valence-corrected chi connectivity index (χ1v) is 6.67. The Morgan fingerprint density at radius 1 is 1.40 bits per heavy atom. The number of benzene rings is 1. The van der Waals surface area contributed by atoms with Crippen molar-refractivity contribution in [1.82, 2.24) is 10.3 Å². The second kappa shape index (κ2) is 5.53. The number of ether oxygens (including phenoxy) is 1. The molecule has 0 saturated carbocycles. The number of fused-ring (bicyclic) bond motifs is 1. The van der Waals surface area contributed by atoms with Crippen molar-refractivity contribution in [2.75, 3.05) is 0 Å². The van der Waals surface area contributed by atoms with Crippen molar-refractivity contribution in [3.05, 3.63) is 30.2 Å². The first-order chi connectivity index (χ1) is 9.33. The topological polar surface area (TPSA) is 64.4 Å². The minimum atomic E-state index is -0.499. The van der Waals surface area contributed by atoms with E-state index in [0.717, 1.165) is 11.1 Å². The highest BCUT2D eigenvalue weighted by Crippen LogP contribution is 2.15. The van der Waals surface area contributed by atoms with Crippen molar-refractivity contribution in [3.8, 4) is 0 Å². The highest BCUT2D eigenvalue weighted by Gasteiger charge is 2.18. The Morgan fingerprint density at radius 3 is 2.75 bits per heavy atom. The number of hydrogen-bond acceptors (Lipinski definition) is 4. The number of alkyl carbamates (subject to hydrolysis) is 1. The molecular weight excluding hydrogens is 256 g/mol. The summed E-state index contributed by atoms with van der Waals surface area (Å²) < 4.78 is 10.8. The van der Waals surface area contributed by atoms with Crippen LogP contribution in [-0.2, 0) is 11.2 Å². The Balaban J connectivity index is 1.94. The maximum absolute atomic E-state index is 11.6. The van der Waals surface area contributed by atoms with Crippen LogP contribution in [0, 0.1) is 0 Å². The Labute approximate surface area is 118 Å². The average molecular weight is 276 g/mol. The third kappa shape index (κ3) is 3.98. The van der Waals surface area contributed by atoms with E-state index in [1.807, 2.05) is 52.0 Å². The fourth-order valence-corrected chi connectivity index (χ4v) is 1.83. The molecule has 5 nitrogen and oxygen atoms in total. The summed E-state index contributed by atoms with van der Waals surface area (Å²) in [7, 11) is 0. The van der Waals surface area contributed by atoms with Gasteiger partial charge < -0.3 is 14.5 Å². The van der Waals surface area contributed by atoms with Crippen LogP contribution in [0.5, 0.6) is 0 Å². The fraction of sp³-hybridized carbons (Fsp3) is 0.467. The quantitative estimate of drug-likeness (QED) is 0.934. The predicted octanol–water partition coefficient (Wildman–Crippen LogP) is 3.28. The second-order valence-electron chi connectivity index (χ2n) is 5.83. The molecule has 0 aliphatic heterocycles. The van der Waals surface area contributed by atoms with Gasteiger partial charge in [-0.15, -0.1) is 0 Å². The number of hydrogen-bond donors (Lipinski definition) is 1. The van der Waals surface area contributed by atoms with Gasteiger partial charge in [-0.25, -0.2) is 9.78 Å². The van der Waals surface area contributed by atoms with Gasteiger partial charge in [-0.1, -0.05) is 12.1 Å². The number of oxazole rings is 1. The summed E-state index contributed by atoms with van der Waals surface area (Å²) >= 11 is 0. The maximum atomic E-state index is 11.6. The molecule has 0 aliphatic rings. The van der Waals surface area contributed by atoms with Crippen molar-refractivity contribution in [2.24, 2.45) is 0 Å². The number of carbonyl (C=O) groups is 1. The summed E-state index contributed by atoms with van der Waals surface area (Å²) in [4.78, 5) is 16.0. The lowest BCUT2D eigenvalue weighted by molar-refractivity contribution is 0.0507. The third-order valence-corrected chi connectivity index (χ3v) is 2.58. The summed E-state index contributed by atoms with van der Waals surface area (Å²) in [6, 6.07) is 7.47. The SMILES string of the molecule is CC(Cc1nc2ccccc2o1)NC(=O)OC(C)(C)C. The van der Waals surface area contributed by atoms with Crippen molar-refractivity contribution in [1.29, 1.82) is 0 Å². The maximum Gasteiger partial charge on any atom is 0.407 e. The van der Waals surface area contributed by atoms with Crippen LogP contribution in [-0.4, -0.2) is 22.7 Å². The molecule has 1 N–H and O–H groups in total. The van der Waals surface area contributed by atoms with Crippen LogP contribution in [0.1, 0.15) is 33.6 Å². The number of aromatic nitrogens is 1. The minimum absolute atomic E-state index is 0.113. The third-order valence-electron chi connectivity index (χ3n) is 2.58. The predicted molar refractivity (Wildman–Crippen MR) is 76.5 cm³/mol. The molecule has 5 heteroatoms. The molecule has 0 spiro atoms. The number of para-hydroxylation sites is 2. The van der Waals surface area contributed by atoms with Crippen molar-refractivity contribution in [3.63, 3.8) is 0 Å². The van der Waals surface area contributed by atoms with Gasteiger partial charge in [0.15, 0.2) is 11.5 Å². The van der Waals surface area contributed by atoms with Crippen LogP contribution >= 0.6 is 0 Å². The number of nitrogens with one attached hydrogen (secondary N) is 1. The van der Waals surface area contributed by atoms with Gasteiger partial charge in [0.2, 0.25) is 0 Å². The van der Waals surface area contributed by atoms with Crippen LogP contribution in [0.3, 0.4) is 0 Å². The van der Waals surface area contributed by atoms with Crippen LogP contribution in [0.4, 0.5) is 4.79 Å². The Kier molecular flexibility index (Phi) is 3.97. The number of nitrogens with zero attached hydrogens (tertiary/aromatic N) is 1. The molecule has 1 aromatic heterocycles. The van der Waals surface area contributed by atoms with Crippen LogP contribution in [0.15, 0.2) is 28.7 Å². The van der Waals surface area contributed by atoms with E-state index < -0.39 is 11.7 Å². The molecule has 0 radical (unpaired) electrons. The van der Waals surface area contributed by atoms with Gasteiger partial charge in [0.05, 0.1) is 0 Å². The Hall–Kier alpha value is -2.04. The second-order valence-corrected chi connectivity index (χ2v) is 5.83.